The topological polar surface area (TPSA) is 117 Å². The molecule has 8 nitrogen and oxygen atoms in total. The predicted octanol–water partition coefficient (Wildman–Crippen LogP) is 3.21. The molecule has 3 aromatic rings. The van der Waals surface area contributed by atoms with Crippen molar-refractivity contribution in [3.8, 4) is 5.69 Å². The van der Waals surface area contributed by atoms with E-state index in [1.54, 1.807) is 17.6 Å². The highest BCUT2D eigenvalue weighted by molar-refractivity contribution is 5.94. The van der Waals surface area contributed by atoms with Crippen LogP contribution in [-0.2, 0) is 27.2 Å². The third-order valence-electron chi connectivity index (χ3n) is 5.02. The van der Waals surface area contributed by atoms with Crippen LogP contribution in [0.15, 0.2) is 64.4 Å². The average Bonchev–Trinajstić information content (AvgIpc) is 3.33. The number of esters is 1. The van der Waals surface area contributed by atoms with Crippen LogP contribution >= 0.6 is 0 Å². The minimum atomic E-state index is -0.440. The maximum atomic E-state index is 11.8. The second kappa shape index (κ2) is 11.2. The molecule has 8 heteroatoms. The lowest BCUT2D eigenvalue weighted by atomic mass is 10.1. The number of ketones is 1. The molecular weight excluding hydrogens is 432 g/mol. The van der Waals surface area contributed by atoms with Gasteiger partial charge in [0.15, 0.2) is 0 Å². The smallest absolute Gasteiger partial charge is 0.313 e. The molecule has 0 bridgehead atoms. The first-order valence-electron chi connectivity index (χ1n) is 11.0. The molecule has 0 radical (unpaired) electrons. The highest BCUT2D eigenvalue weighted by Gasteiger charge is 2.19. The summed E-state index contributed by atoms with van der Waals surface area (Å²) in [6.07, 6.45) is 1.47. The van der Waals surface area contributed by atoms with E-state index in [9.17, 15) is 14.4 Å². The number of fused-ring (bicyclic) bond motifs is 4. The van der Waals surface area contributed by atoms with Gasteiger partial charge < -0.3 is 10.5 Å². The summed E-state index contributed by atoms with van der Waals surface area (Å²) in [6.45, 7) is 5.26. The van der Waals surface area contributed by atoms with Crippen molar-refractivity contribution >= 4 is 23.3 Å². The van der Waals surface area contributed by atoms with Crippen molar-refractivity contribution in [3.05, 3.63) is 87.6 Å². The van der Waals surface area contributed by atoms with Crippen LogP contribution in [0.3, 0.4) is 0 Å². The zero-order valence-corrected chi connectivity index (χ0v) is 19.6. The monoisotopic (exact) mass is 460 g/mol. The molecule has 5 rings (SSSR count). The Kier molecular flexibility index (Phi) is 8.08. The lowest BCUT2D eigenvalue weighted by Crippen LogP contribution is -2.19. The molecule has 176 valence electrons. The number of amidine groups is 1. The van der Waals surface area contributed by atoms with Gasteiger partial charge in [-0.25, -0.2) is 9.98 Å². The average molecular weight is 461 g/mol. The number of rotatable bonds is 3. The van der Waals surface area contributed by atoms with Crippen molar-refractivity contribution in [2.24, 2.45) is 10.7 Å². The summed E-state index contributed by atoms with van der Waals surface area (Å²) in [6, 6.07) is 17.5. The molecular formula is C26H28N4O4. The van der Waals surface area contributed by atoms with Crippen molar-refractivity contribution in [3.63, 3.8) is 0 Å². The Hall–Kier alpha value is -4.07. The first-order chi connectivity index (χ1) is 16.3. The summed E-state index contributed by atoms with van der Waals surface area (Å²) in [5.41, 5.74) is 10.8. The Bertz CT molecular complexity index is 1290. The lowest BCUT2D eigenvalue weighted by Gasteiger charge is -2.03. The van der Waals surface area contributed by atoms with Crippen molar-refractivity contribution in [1.82, 2.24) is 9.55 Å². The van der Waals surface area contributed by atoms with E-state index in [2.05, 4.69) is 20.8 Å². The van der Waals surface area contributed by atoms with Crippen LogP contribution in [0.5, 0.6) is 0 Å². The number of hydrogen-bond donors (Lipinski definition) is 1. The second-order valence-electron chi connectivity index (χ2n) is 7.89. The Morgan fingerprint density at radius 1 is 1.06 bits per heavy atom. The van der Waals surface area contributed by atoms with Gasteiger partial charge in [0.05, 0.1) is 18.0 Å². The lowest BCUT2D eigenvalue weighted by molar-refractivity contribution is -0.145. The van der Waals surface area contributed by atoms with Gasteiger partial charge in [0.25, 0.3) is 5.56 Å². The van der Waals surface area contributed by atoms with Crippen LogP contribution in [0.2, 0.25) is 0 Å². The van der Waals surface area contributed by atoms with Gasteiger partial charge in [0.2, 0.25) is 0 Å². The van der Waals surface area contributed by atoms with E-state index in [0.29, 0.717) is 6.61 Å². The highest BCUT2D eigenvalue weighted by atomic mass is 16.5. The van der Waals surface area contributed by atoms with Crippen LogP contribution in [0, 0.1) is 6.92 Å². The normalized spacial score (nSPS) is 12.0. The van der Waals surface area contributed by atoms with Crippen LogP contribution < -0.4 is 11.3 Å². The molecule has 0 fully saturated rings. The van der Waals surface area contributed by atoms with Crippen LogP contribution in [0.1, 0.15) is 42.9 Å². The van der Waals surface area contributed by atoms with Gasteiger partial charge in [0.1, 0.15) is 23.9 Å². The van der Waals surface area contributed by atoms with E-state index >= 15 is 0 Å². The summed E-state index contributed by atoms with van der Waals surface area (Å²) in [5, 5.41) is 0. The standard InChI is InChI=1S/C12H10N2O.C8H8N2.C6H10O3/c1-8-6-12(15)14-10-5-3-2-4-9(10)7-11(14)13-8;9-8-5-6-3-1-2-4-7(6)10-8;1-3-9-6(8)4-5(2)7/h2-6H,7H2,1H3;1-4H,5H2,(H2,9,10);3-4H2,1-2H3. The maximum absolute atomic E-state index is 11.8. The Morgan fingerprint density at radius 2 is 1.74 bits per heavy atom. The number of nitrogens with zero attached hydrogens (tertiary/aromatic N) is 3. The quantitative estimate of drug-likeness (QED) is 0.371. The van der Waals surface area contributed by atoms with Gasteiger partial charge in [-0.1, -0.05) is 36.4 Å². The number of para-hydroxylation sites is 2. The zero-order chi connectivity index (χ0) is 24.7. The Balaban J connectivity index is 0.000000151. The molecule has 3 heterocycles. The molecule has 0 aliphatic carbocycles. The highest BCUT2D eigenvalue weighted by Crippen LogP contribution is 2.24. The zero-order valence-electron chi connectivity index (χ0n) is 19.6. The molecule has 34 heavy (non-hydrogen) atoms. The van der Waals surface area contributed by atoms with Crippen LogP contribution in [0.25, 0.3) is 5.69 Å². The molecule has 0 atom stereocenters. The molecule has 1 aromatic heterocycles. The molecule has 2 aliphatic rings. The van der Waals surface area contributed by atoms with Crippen LogP contribution in [-0.4, -0.2) is 33.7 Å². The number of aromatic nitrogens is 2. The molecule has 2 aliphatic heterocycles. The van der Waals surface area contributed by atoms with Gasteiger partial charge in [-0.3, -0.25) is 19.0 Å². The van der Waals surface area contributed by atoms with E-state index in [1.807, 2.05) is 49.4 Å². The fourth-order valence-corrected chi connectivity index (χ4v) is 3.66. The van der Waals surface area contributed by atoms with Gasteiger partial charge in [-0.2, -0.15) is 0 Å². The van der Waals surface area contributed by atoms with Crippen molar-refractivity contribution in [2.45, 2.75) is 40.0 Å². The number of carbonyl (C=O) groups is 2. The van der Waals surface area contributed by atoms with Crippen molar-refractivity contribution < 1.29 is 14.3 Å². The SMILES string of the molecule is CCOC(=O)CC(C)=O.Cc1cc(=O)n2c(n1)Cc1ccccc1-2.NC1=Nc2ccccc2C1. The molecule has 2 aromatic carbocycles. The number of ether oxygens (including phenoxy) is 1. The predicted molar refractivity (Wildman–Crippen MR) is 131 cm³/mol. The van der Waals surface area contributed by atoms with E-state index in [-0.39, 0.29) is 17.8 Å². The summed E-state index contributed by atoms with van der Waals surface area (Å²) in [4.78, 5) is 41.0. The first-order valence-corrected chi connectivity index (χ1v) is 11.0. The minimum absolute atomic E-state index is 0.0162. The van der Waals surface area contributed by atoms with E-state index in [0.717, 1.165) is 41.6 Å². The second-order valence-corrected chi connectivity index (χ2v) is 7.89. The summed E-state index contributed by atoms with van der Waals surface area (Å²) < 4.78 is 6.19. The van der Waals surface area contributed by atoms with Gasteiger partial charge in [-0.15, -0.1) is 0 Å². The molecule has 0 amide bonds. The Labute approximate surface area is 198 Å². The third kappa shape index (κ3) is 6.25. The largest absolute Gasteiger partial charge is 0.466 e. The van der Waals surface area contributed by atoms with Crippen LogP contribution in [0.4, 0.5) is 5.69 Å². The molecule has 0 unspecified atom stereocenters. The van der Waals surface area contributed by atoms with Crippen molar-refractivity contribution in [1.29, 1.82) is 0 Å². The fourth-order valence-electron chi connectivity index (χ4n) is 3.66. The van der Waals surface area contributed by atoms with Gasteiger partial charge >= 0.3 is 5.97 Å². The van der Waals surface area contributed by atoms with Gasteiger partial charge in [-0.05, 0) is 44.0 Å². The fraction of sp³-hybridized carbons (Fsp3) is 0.269. The number of nitrogens with two attached hydrogens (primary N) is 1. The number of carbonyl (C=O) groups excluding carboxylic acids is 2. The number of Topliss-reactive ketones (excluding diaryl/α,β-unsaturated/α-hetero) is 1. The van der Waals surface area contributed by atoms with Gasteiger partial charge in [0, 0.05) is 24.6 Å². The first kappa shape index (κ1) is 24.6. The van der Waals surface area contributed by atoms with E-state index in [4.69, 9.17) is 5.73 Å². The molecule has 0 spiro atoms. The third-order valence-corrected chi connectivity index (χ3v) is 5.02. The molecule has 2 N–H and O–H groups in total. The van der Waals surface area contributed by atoms with E-state index < -0.39 is 5.97 Å². The number of aliphatic imine (C=N–C) groups is 1. The van der Waals surface area contributed by atoms with E-state index in [1.165, 1.54) is 18.1 Å². The molecule has 0 saturated heterocycles. The Morgan fingerprint density at radius 3 is 2.41 bits per heavy atom. The maximum Gasteiger partial charge on any atom is 0.313 e. The summed E-state index contributed by atoms with van der Waals surface area (Å²) in [5.74, 6) is 0.973. The number of hydrogen-bond acceptors (Lipinski definition) is 7. The number of aryl methyl sites for hydroxylation is 1. The summed E-state index contributed by atoms with van der Waals surface area (Å²) in [7, 11) is 0. The van der Waals surface area contributed by atoms with Crippen molar-refractivity contribution in [2.75, 3.05) is 6.61 Å². The summed E-state index contributed by atoms with van der Waals surface area (Å²) >= 11 is 0. The minimum Gasteiger partial charge on any atom is -0.466 e. The molecule has 0 saturated carbocycles. The number of benzene rings is 2.